The lowest BCUT2D eigenvalue weighted by atomic mass is 10.2. The monoisotopic (exact) mass is 433 g/mol. The van der Waals surface area contributed by atoms with Crippen LogP contribution in [0.2, 0.25) is 0 Å². The van der Waals surface area contributed by atoms with Crippen molar-refractivity contribution in [1.82, 2.24) is 10.2 Å². The zero-order valence-electron chi connectivity index (χ0n) is 15.5. The SMILES string of the molecule is Cc1cccc(N2CCN(CCCNC(=O)c3cc(F)ccc3Br)CC2)c1. The first kappa shape index (κ1) is 19.8. The molecule has 0 radical (unpaired) electrons. The Hall–Kier alpha value is -1.92. The van der Waals surface area contributed by atoms with Crippen LogP contribution in [0.1, 0.15) is 22.3 Å². The Morgan fingerprint density at radius 2 is 1.93 bits per heavy atom. The van der Waals surface area contributed by atoms with Crippen LogP contribution >= 0.6 is 15.9 Å². The van der Waals surface area contributed by atoms with Crippen molar-refractivity contribution in [3.05, 3.63) is 63.9 Å². The summed E-state index contributed by atoms with van der Waals surface area (Å²) in [6.45, 7) is 7.75. The number of nitrogens with zero attached hydrogens (tertiary/aromatic N) is 2. The predicted octanol–water partition coefficient (Wildman–Crippen LogP) is 3.84. The number of halogens is 2. The van der Waals surface area contributed by atoms with Gasteiger partial charge in [-0.3, -0.25) is 9.69 Å². The molecule has 0 saturated carbocycles. The largest absolute Gasteiger partial charge is 0.369 e. The minimum absolute atomic E-state index is 0.245. The Labute approximate surface area is 168 Å². The molecule has 4 nitrogen and oxygen atoms in total. The summed E-state index contributed by atoms with van der Waals surface area (Å²) < 4.78 is 13.9. The van der Waals surface area contributed by atoms with E-state index in [1.54, 1.807) is 6.07 Å². The Bertz CT molecular complexity index is 791. The molecule has 0 atom stereocenters. The molecule has 6 heteroatoms. The topological polar surface area (TPSA) is 35.6 Å². The quantitative estimate of drug-likeness (QED) is 0.702. The molecule has 1 aliphatic rings. The number of nitrogens with one attached hydrogen (secondary N) is 1. The fraction of sp³-hybridized carbons (Fsp3) is 0.381. The molecule has 0 unspecified atom stereocenters. The zero-order valence-corrected chi connectivity index (χ0v) is 17.1. The van der Waals surface area contributed by atoms with E-state index in [1.165, 1.54) is 23.4 Å². The van der Waals surface area contributed by atoms with E-state index in [1.807, 2.05) is 0 Å². The first-order valence-corrected chi connectivity index (χ1v) is 10.1. The molecule has 0 spiro atoms. The van der Waals surface area contributed by atoms with Crippen LogP contribution in [0.3, 0.4) is 0 Å². The minimum Gasteiger partial charge on any atom is -0.369 e. The van der Waals surface area contributed by atoms with Crippen LogP contribution in [0.4, 0.5) is 10.1 Å². The average molecular weight is 434 g/mol. The van der Waals surface area contributed by atoms with Gasteiger partial charge in [-0.05, 0) is 71.7 Å². The molecule has 1 N–H and O–H groups in total. The molecule has 0 aromatic heterocycles. The fourth-order valence-corrected chi connectivity index (χ4v) is 3.75. The third kappa shape index (κ3) is 5.53. The summed E-state index contributed by atoms with van der Waals surface area (Å²) in [5.41, 5.74) is 2.92. The summed E-state index contributed by atoms with van der Waals surface area (Å²) in [6.07, 6.45) is 0.878. The first-order valence-electron chi connectivity index (χ1n) is 9.30. The second-order valence-corrected chi connectivity index (χ2v) is 7.76. The summed E-state index contributed by atoms with van der Waals surface area (Å²) in [4.78, 5) is 17.0. The zero-order chi connectivity index (χ0) is 19.2. The van der Waals surface area contributed by atoms with E-state index in [2.05, 4.69) is 62.2 Å². The third-order valence-corrected chi connectivity index (χ3v) is 5.54. The second kappa shape index (κ2) is 9.33. The average Bonchev–Trinajstić information content (AvgIpc) is 2.67. The molecular weight excluding hydrogens is 409 g/mol. The van der Waals surface area contributed by atoms with Crippen LogP contribution in [0.15, 0.2) is 46.9 Å². The molecule has 144 valence electrons. The number of carbonyl (C=O) groups is 1. The Morgan fingerprint density at radius 3 is 2.67 bits per heavy atom. The van der Waals surface area contributed by atoms with Crippen molar-refractivity contribution in [3.63, 3.8) is 0 Å². The number of rotatable bonds is 6. The van der Waals surface area contributed by atoms with Crippen LogP contribution < -0.4 is 10.2 Å². The molecule has 2 aromatic rings. The van der Waals surface area contributed by atoms with Crippen LogP contribution in [0.25, 0.3) is 0 Å². The Balaban J connectivity index is 1.38. The first-order chi connectivity index (χ1) is 13.0. The Kier molecular flexibility index (Phi) is 6.85. The summed E-state index contributed by atoms with van der Waals surface area (Å²) >= 11 is 3.29. The van der Waals surface area contributed by atoms with Crippen LogP contribution in [-0.4, -0.2) is 50.1 Å². The highest BCUT2D eigenvalue weighted by Crippen LogP contribution is 2.18. The second-order valence-electron chi connectivity index (χ2n) is 6.90. The van der Waals surface area contributed by atoms with Crippen molar-refractivity contribution in [1.29, 1.82) is 0 Å². The number of benzene rings is 2. The molecule has 1 heterocycles. The van der Waals surface area contributed by atoms with Crippen LogP contribution in [0, 0.1) is 12.7 Å². The molecule has 27 heavy (non-hydrogen) atoms. The molecule has 0 aliphatic carbocycles. The maximum Gasteiger partial charge on any atom is 0.252 e. The lowest BCUT2D eigenvalue weighted by Crippen LogP contribution is -2.47. The van der Waals surface area contributed by atoms with Gasteiger partial charge in [0.2, 0.25) is 0 Å². The van der Waals surface area contributed by atoms with Gasteiger partial charge in [0.05, 0.1) is 5.56 Å². The smallest absolute Gasteiger partial charge is 0.252 e. The highest BCUT2D eigenvalue weighted by molar-refractivity contribution is 9.10. The molecule has 1 saturated heterocycles. The van der Waals surface area contributed by atoms with Gasteiger partial charge < -0.3 is 10.2 Å². The fourth-order valence-electron chi connectivity index (χ4n) is 3.33. The van der Waals surface area contributed by atoms with Gasteiger partial charge in [0.1, 0.15) is 5.82 Å². The maximum absolute atomic E-state index is 13.3. The van der Waals surface area contributed by atoms with E-state index in [-0.39, 0.29) is 5.91 Å². The molecule has 1 amide bonds. The predicted molar refractivity (Wildman–Crippen MR) is 111 cm³/mol. The van der Waals surface area contributed by atoms with Crippen molar-refractivity contribution >= 4 is 27.5 Å². The van der Waals surface area contributed by atoms with Crippen LogP contribution in [-0.2, 0) is 0 Å². The lowest BCUT2D eigenvalue weighted by Gasteiger charge is -2.36. The van der Waals surface area contributed by atoms with Gasteiger partial charge in [-0.15, -0.1) is 0 Å². The van der Waals surface area contributed by atoms with Crippen molar-refractivity contribution in [2.45, 2.75) is 13.3 Å². The van der Waals surface area contributed by atoms with Gasteiger partial charge in [0, 0.05) is 42.9 Å². The standard InChI is InChI=1S/C21H25BrFN3O/c1-16-4-2-5-18(14-16)26-12-10-25(11-13-26)9-3-8-24-21(27)19-15-17(23)6-7-20(19)22/h2,4-7,14-15H,3,8-13H2,1H3,(H,24,27). The molecule has 1 fully saturated rings. The normalized spacial score (nSPS) is 15.0. The number of aryl methyl sites for hydroxylation is 1. The van der Waals surface area contributed by atoms with E-state index < -0.39 is 5.82 Å². The molecule has 3 rings (SSSR count). The third-order valence-electron chi connectivity index (χ3n) is 4.85. The van der Waals surface area contributed by atoms with E-state index in [9.17, 15) is 9.18 Å². The van der Waals surface area contributed by atoms with Gasteiger partial charge in [-0.2, -0.15) is 0 Å². The van der Waals surface area contributed by atoms with E-state index >= 15 is 0 Å². The number of hydrogen-bond acceptors (Lipinski definition) is 3. The van der Waals surface area contributed by atoms with Gasteiger partial charge in [0.15, 0.2) is 0 Å². The lowest BCUT2D eigenvalue weighted by molar-refractivity contribution is 0.0950. The molecule has 0 bridgehead atoms. The van der Waals surface area contributed by atoms with Crippen molar-refractivity contribution in [3.8, 4) is 0 Å². The highest BCUT2D eigenvalue weighted by Gasteiger charge is 2.17. The summed E-state index contributed by atoms with van der Waals surface area (Å²) in [6, 6.07) is 12.8. The maximum atomic E-state index is 13.3. The number of piperazine rings is 1. The Morgan fingerprint density at radius 1 is 1.15 bits per heavy atom. The van der Waals surface area contributed by atoms with E-state index in [0.717, 1.165) is 39.1 Å². The number of amides is 1. The van der Waals surface area contributed by atoms with Crippen molar-refractivity contribution in [2.24, 2.45) is 0 Å². The minimum atomic E-state index is -0.408. The van der Waals surface area contributed by atoms with Crippen molar-refractivity contribution < 1.29 is 9.18 Å². The summed E-state index contributed by atoms with van der Waals surface area (Å²) in [7, 11) is 0. The van der Waals surface area contributed by atoms with Crippen molar-refractivity contribution in [2.75, 3.05) is 44.2 Å². The van der Waals surface area contributed by atoms with Gasteiger partial charge >= 0.3 is 0 Å². The van der Waals surface area contributed by atoms with Gasteiger partial charge in [-0.1, -0.05) is 12.1 Å². The summed E-state index contributed by atoms with van der Waals surface area (Å²) in [5.74, 6) is -0.652. The molecule has 1 aliphatic heterocycles. The van der Waals surface area contributed by atoms with Gasteiger partial charge in [-0.25, -0.2) is 4.39 Å². The van der Waals surface area contributed by atoms with E-state index in [0.29, 0.717) is 16.6 Å². The number of anilines is 1. The van der Waals surface area contributed by atoms with Gasteiger partial charge in [0.25, 0.3) is 5.91 Å². The molecular formula is C21H25BrFN3O. The number of carbonyl (C=O) groups excluding carboxylic acids is 1. The van der Waals surface area contributed by atoms with E-state index in [4.69, 9.17) is 0 Å². The van der Waals surface area contributed by atoms with Crippen LogP contribution in [0.5, 0.6) is 0 Å². The summed E-state index contributed by atoms with van der Waals surface area (Å²) in [5, 5.41) is 2.87. The number of hydrogen-bond donors (Lipinski definition) is 1. The highest BCUT2D eigenvalue weighted by atomic mass is 79.9. The molecule has 2 aromatic carbocycles.